The number of carbonyl (C=O) groups excluding carboxylic acids is 4. The Morgan fingerprint density at radius 3 is 2.16 bits per heavy atom. The quantitative estimate of drug-likeness (QED) is 0.200. The molecule has 0 spiro atoms. The molecule has 1 aromatic rings. The molecule has 1 aromatic carbocycles. The minimum Gasteiger partial charge on any atom is -0.468 e. The zero-order valence-corrected chi connectivity index (χ0v) is 24.1. The van der Waals surface area contributed by atoms with E-state index in [4.69, 9.17) is 4.74 Å². The number of nitrogens with one attached hydrogen (secondary N) is 2. The molecule has 37 heavy (non-hydrogen) atoms. The molecule has 0 heterocycles. The van der Waals surface area contributed by atoms with Crippen LogP contribution in [0.4, 0.5) is 4.79 Å². The summed E-state index contributed by atoms with van der Waals surface area (Å²) in [6, 6.07) is 3.62. The van der Waals surface area contributed by atoms with Crippen LogP contribution >= 0.6 is 12.6 Å². The van der Waals surface area contributed by atoms with E-state index >= 15 is 0 Å². The molecule has 0 saturated heterocycles. The predicted octanol–water partition coefficient (Wildman–Crippen LogP) is 3.87. The number of hydrogen-bond acceptors (Lipinski definition) is 7. The second-order valence-corrected chi connectivity index (χ2v) is 10.5. The molecule has 208 valence electrons. The Hall–Kier alpha value is -2.75. The summed E-state index contributed by atoms with van der Waals surface area (Å²) in [5, 5.41) is 5.20. The highest BCUT2D eigenvalue weighted by molar-refractivity contribution is 7.80. The third-order valence-electron chi connectivity index (χ3n) is 5.46. The summed E-state index contributed by atoms with van der Waals surface area (Å²) in [6.45, 7) is 11.0. The van der Waals surface area contributed by atoms with Crippen molar-refractivity contribution in [1.29, 1.82) is 0 Å². The normalized spacial score (nSPS) is 12.8. The van der Waals surface area contributed by atoms with E-state index in [1.54, 1.807) is 20.8 Å². The molecule has 2 unspecified atom stereocenters. The first-order valence-electron chi connectivity index (χ1n) is 12.7. The first-order valence-corrected chi connectivity index (χ1v) is 13.3. The maximum Gasteiger partial charge on any atom is 0.408 e. The molecule has 10 heteroatoms. The lowest BCUT2D eigenvalue weighted by molar-refractivity contribution is -0.144. The number of amides is 3. The standard InChI is InChI=1S/C27H43N3O6S/c1-8-9-10-11-12-30(25(33)21(17-37)29-26(34)36-27(4,5)6)23(24(32)28-16-22(31)35-7)20-14-18(2)13-19(3)15-20/h13-15,21,23,37H,8-12,16-17H2,1-7H3,(H,28,32)(H,29,34). The minimum atomic E-state index is -1.03. The number of esters is 1. The van der Waals surface area contributed by atoms with Gasteiger partial charge in [-0.15, -0.1) is 0 Å². The number of aryl methyl sites for hydroxylation is 2. The predicted molar refractivity (Wildman–Crippen MR) is 147 cm³/mol. The Balaban J connectivity index is 3.45. The Kier molecular flexibility index (Phi) is 13.5. The van der Waals surface area contributed by atoms with Gasteiger partial charge in [-0.05, 0) is 46.6 Å². The van der Waals surface area contributed by atoms with E-state index < -0.39 is 41.6 Å². The molecular weight excluding hydrogens is 494 g/mol. The molecule has 2 N–H and O–H groups in total. The number of methoxy groups -OCH3 is 1. The monoisotopic (exact) mass is 537 g/mol. The molecule has 0 aromatic heterocycles. The molecular formula is C27H43N3O6S. The van der Waals surface area contributed by atoms with Gasteiger partial charge in [-0.3, -0.25) is 14.4 Å². The van der Waals surface area contributed by atoms with Crippen LogP contribution in [0.1, 0.15) is 76.1 Å². The van der Waals surface area contributed by atoms with Crippen LogP contribution < -0.4 is 10.6 Å². The molecule has 0 aliphatic rings. The summed E-state index contributed by atoms with van der Waals surface area (Å²) >= 11 is 4.30. The Labute approximate surface area is 226 Å². The van der Waals surface area contributed by atoms with Crippen LogP contribution in [0.25, 0.3) is 0 Å². The van der Waals surface area contributed by atoms with Crippen molar-refractivity contribution in [1.82, 2.24) is 15.5 Å². The summed E-state index contributed by atoms with van der Waals surface area (Å²) in [5.74, 6) is -1.58. The summed E-state index contributed by atoms with van der Waals surface area (Å²) in [7, 11) is 1.24. The third-order valence-corrected chi connectivity index (χ3v) is 5.83. The molecule has 2 atom stereocenters. The van der Waals surface area contributed by atoms with E-state index in [-0.39, 0.29) is 18.8 Å². The molecule has 0 aliphatic carbocycles. The van der Waals surface area contributed by atoms with Crippen molar-refractivity contribution in [3.8, 4) is 0 Å². The number of carbonyl (C=O) groups is 4. The van der Waals surface area contributed by atoms with E-state index in [0.717, 1.165) is 30.4 Å². The number of unbranched alkanes of at least 4 members (excludes halogenated alkanes) is 3. The van der Waals surface area contributed by atoms with Crippen molar-refractivity contribution in [2.24, 2.45) is 0 Å². The average Bonchev–Trinajstić information content (AvgIpc) is 2.80. The Morgan fingerprint density at radius 2 is 1.65 bits per heavy atom. The fraction of sp³-hybridized carbons (Fsp3) is 0.630. The first kappa shape index (κ1) is 32.3. The number of alkyl carbamates (subject to hydrolysis) is 1. The number of thiol groups is 1. The summed E-state index contributed by atoms with van der Waals surface area (Å²) in [6.07, 6.45) is 2.78. The zero-order chi connectivity index (χ0) is 28.2. The SMILES string of the molecule is CCCCCCN(C(=O)C(CS)NC(=O)OC(C)(C)C)C(C(=O)NCC(=O)OC)c1cc(C)cc(C)c1. The Bertz CT molecular complexity index is 911. The van der Waals surface area contributed by atoms with Crippen LogP contribution in [0.2, 0.25) is 0 Å². The lowest BCUT2D eigenvalue weighted by Gasteiger charge is -2.34. The number of rotatable bonds is 13. The lowest BCUT2D eigenvalue weighted by atomic mass is 9.98. The molecule has 0 aliphatic heterocycles. The zero-order valence-electron chi connectivity index (χ0n) is 23.2. The summed E-state index contributed by atoms with van der Waals surface area (Å²) in [4.78, 5) is 53.0. The highest BCUT2D eigenvalue weighted by Crippen LogP contribution is 2.26. The van der Waals surface area contributed by atoms with Gasteiger partial charge in [0.2, 0.25) is 11.8 Å². The lowest BCUT2D eigenvalue weighted by Crippen LogP contribution is -2.54. The van der Waals surface area contributed by atoms with E-state index in [2.05, 4.69) is 34.9 Å². The maximum atomic E-state index is 13.9. The van der Waals surface area contributed by atoms with Crippen molar-refractivity contribution in [3.63, 3.8) is 0 Å². The second kappa shape index (κ2) is 15.5. The molecule has 3 amide bonds. The van der Waals surface area contributed by atoms with E-state index in [1.165, 1.54) is 12.0 Å². The van der Waals surface area contributed by atoms with E-state index in [9.17, 15) is 19.2 Å². The van der Waals surface area contributed by atoms with Gasteiger partial charge in [0, 0.05) is 12.3 Å². The van der Waals surface area contributed by atoms with E-state index in [1.807, 2.05) is 32.0 Å². The van der Waals surface area contributed by atoms with Gasteiger partial charge in [0.05, 0.1) is 7.11 Å². The van der Waals surface area contributed by atoms with Gasteiger partial charge in [0.15, 0.2) is 0 Å². The van der Waals surface area contributed by atoms with Gasteiger partial charge in [-0.25, -0.2) is 4.79 Å². The molecule has 0 radical (unpaired) electrons. The number of ether oxygens (including phenoxy) is 2. The molecule has 0 fully saturated rings. The van der Waals surface area contributed by atoms with Crippen LogP contribution in [0, 0.1) is 13.8 Å². The van der Waals surface area contributed by atoms with E-state index in [0.29, 0.717) is 12.0 Å². The van der Waals surface area contributed by atoms with Crippen molar-refractivity contribution in [2.75, 3.05) is 26.0 Å². The first-order chi connectivity index (χ1) is 17.3. The highest BCUT2D eigenvalue weighted by atomic mass is 32.1. The average molecular weight is 538 g/mol. The molecule has 0 saturated carbocycles. The van der Waals surface area contributed by atoms with Crippen LogP contribution in [0.3, 0.4) is 0 Å². The fourth-order valence-corrected chi connectivity index (χ4v) is 4.13. The van der Waals surface area contributed by atoms with Crippen molar-refractivity contribution in [2.45, 2.75) is 84.9 Å². The summed E-state index contributed by atoms with van der Waals surface area (Å²) < 4.78 is 9.99. The Morgan fingerprint density at radius 1 is 1.03 bits per heavy atom. The number of nitrogens with zero attached hydrogens (tertiary/aromatic N) is 1. The van der Waals surface area contributed by atoms with Gasteiger partial charge in [-0.1, -0.05) is 55.5 Å². The maximum absolute atomic E-state index is 13.9. The summed E-state index contributed by atoms with van der Waals surface area (Å²) in [5.41, 5.74) is 1.72. The number of benzene rings is 1. The van der Waals surface area contributed by atoms with Gasteiger partial charge in [0.1, 0.15) is 24.2 Å². The van der Waals surface area contributed by atoms with Crippen LogP contribution in [0.5, 0.6) is 0 Å². The van der Waals surface area contributed by atoms with Gasteiger partial charge in [0.25, 0.3) is 0 Å². The van der Waals surface area contributed by atoms with Crippen LogP contribution in [0.15, 0.2) is 18.2 Å². The molecule has 9 nitrogen and oxygen atoms in total. The topological polar surface area (TPSA) is 114 Å². The van der Waals surface area contributed by atoms with Crippen molar-refractivity contribution >= 4 is 36.5 Å². The van der Waals surface area contributed by atoms with Crippen LogP contribution in [-0.4, -0.2) is 66.4 Å². The van der Waals surface area contributed by atoms with Crippen LogP contribution in [-0.2, 0) is 23.9 Å². The second-order valence-electron chi connectivity index (χ2n) is 10.1. The molecule has 1 rings (SSSR count). The molecule has 0 bridgehead atoms. The highest BCUT2D eigenvalue weighted by Gasteiger charge is 2.36. The smallest absolute Gasteiger partial charge is 0.408 e. The largest absolute Gasteiger partial charge is 0.468 e. The number of hydrogen-bond donors (Lipinski definition) is 3. The van der Waals surface area contributed by atoms with Crippen molar-refractivity contribution in [3.05, 3.63) is 34.9 Å². The fourth-order valence-electron chi connectivity index (χ4n) is 3.88. The van der Waals surface area contributed by atoms with Gasteiger partial charge >= 0.3 is 12.1 Å². The minimum absolute atomic E-state index is 0.00683. The van der Waals surface area contributed by atoms with Gasteiger partial charge in [-0.2, -0.15) is 12.6 Å². The van der Waals surface area contributed by atoms with Crippen molar-refractivity contribution < 1.29 is 28.7 Å². The van der Waals surface area contributed by atoms with Gasteiger partial charge < -0.3 is 25.0 Å². The third kappa shape index (κ3) is 11.5.